The fourth-order valence-electron chi connectivity index (χ4n) is 2.29. The Morgan fingerprint density at radius 1 is 0.860 bits per heavy atom. The standard InChI is InChI=1S/C13H13F3O3.C9H9Cl.C4HF6O2.Na.H2O/c1-3-9-5-4-6-10(7-9)8-19-11(17)12(2,18)13(14,15)16;1-2-8-4-3-5-9(6-8)7-10;5-3(6,7)2(12,1-11)4(8,9)10;;/h3-7,18H,1,8H2,2H3;2-6H,1,7H2;12H;;1H2/q;;-1;+1;/p-1. The fourth-order valence-corrected chi connectivity index (χ4v) is 2.46. The predicted molar refractivity (Wildman–Crippen MR) is 134 cm³/mol. The van der Waals surface area contributed by atoms with E-state index in [0.29, 0.717) is 18.4 Å². The number of benzene rings is 2. The van der Waals surface area contributed by atoms with Crippen LogP contribution in [-0.4, -0.2) is 57.7 Å². The number of halogens is 10. The average Bonchev–Trinajstić information content (AvgIpc) is 2.90. The number of esters is 1. The molecule has 0 aromatic heterocycles. The Labute approximate surface area is 267 Å². The molecule has 2 aromatic carbocycles. The van der Waals surface area contributed by atoms with Crippen molar-refractivity contribution in [1.29, 1.82) is 0 Å². The van der Waals surface area contributed by atoms with E-state index < -0.39 is 42.0 Å². The summed E-state index contributed by atoms with van der Waals surface area (Å²) in [4.78, 5) is 20.5. The van der Waals surface area contributed by atoms with Gasteiger partial charge in [-0.3, -0.25) is 0 Å². The number of carbonyl (C=O) groups excluding carboxylic acids is 2. The Morgan fingerprint density at radius 3 is 1.56 bits per heavy atom. The van der Waals surface area contributed by atoms with E-state index in [1.54, 1.807) is 30.3 Å². The molecular formula is C26H24ClF9NaO6-. The van der Waals surface area contributed by atoms with Crippen LogP contribution in [0.15, 0.2) is 61.7 Å². The van der Waals surface area contributed by atoms with E-state index in [1.807, 2.05) is 30.3 Å². The van der Waals surface area contributed by atoms with Gasteiger partial charge < -0.3 is 25.2 Å². The van der Waals surface area contributed by atoms with Crippen molar-refractivity contribution in [2.45, 2.75) is 49.1 Å². The molecule has 2 aromatic rings. The van der Waals surface area contributed by atoms with Gasteiger partial charge in [-0.1, -0.05) is 67.8 Å². The predicted octanol–water partition coefficient (Wildman–Crippen LogP) is 3.53. The van der Waals surface area contributed by atoms with Gasteiger partial charge in [-0.15, -0.1) is 11.6 Å². The zero-order valence-corrected chi connectivity index (χ0v) is 25.2. The molecule has 43 heavy (non-hydrogen) atoms. The van der Waals surface area contributed by atoms with Crippen molar-refractivity contribution in [3.8, 4) is 0 Å². The Balaban J connectivity index is -0.000000580. The van der Waals surface area contributed by atoms with Crippen molar-refractivity contribution in [1.82, 2.24) is 0 Å². The second-order valence-electron chi connectivity index (χ2n) is 7.99. The molecule has 0 aliphatic heterocycles. The number of alkyl halides is 10. The third kappa shape index (κ3) is 13.4. The van der Waals surface area contributed by atoms with Crippen molar-refractivity contribution >= 4 is 36.0 Å². The van der Waals surface area contributed by atoms with Gasteiger partial charge in [-0.05, 0) is 35.2 Å². The number of rotatable bonds is 7. The first kappa shape index (κ1) is 45.0. The molecule has 0 aliphatic carbocycles. The van der Waals surface area contributed by atoms with Gasteiger partial charge in [0.15, 0.2) is 5.60 Å². The monoisotopic (exact) mass is 661 g/mol. The summed E-state index contributed by atoms with van der Waals surface area (Å²) in [5, 5.41) is 16.9. The van der Waals surface area contributed by atoms with Crippen LogP contribution in [0.3, 0.4) is 0 Å². The minimum atomic E-state index is -6.10. The van der Waals surface area contributed by atoms with Crippen LogP contribution in [0.25, 0.3) is 12.2 Å². The number of hydrogen-bond acceptors (Lipinski definition) is 6. The molecule has 2 rings (SSSR count). The fraction of sp³-hybridized carbons (Fsp3) is 0.308. The Bertz CT molecular complexity index is 1170. The SMILES string of the molecule is C=Cc1cccc(CCl)c1.C=Cc1cccc(COC(=O)C(C)(O)C(F)(F)F)c1.O=[C-]C(O)(C(F)(F)F)C(F)(F)F.[Na+].[OH-]. The topological polar surface area (TPSA) is 114 Å². The zero-order valence-electron chi connectivity index (χ0n) is 22.4. The second-order valence-corrected chi connectivity index (χ2v) is 8.25. The van der Waals surface area contributed by atoms with E-state index in [2.05, 4.69) is 17.9 Å². The van der Waals surface area contributed by atoms with Crippen LogP contribution in [0.4, 0.5) is 39.5 Å². The first-order chi connectivity index (χ1) is 18.6. The molecule has 0 bridgehead atoms. The molecule has 0 radical (unpaired) electrons. The van der Waals surface area contributed by atoms with Gasteiger partial charge in [0.2, 0.25) is 0 Å². The molecule has 0 aliphatic rings. The van der Waals surface area contributed by atoms with Crippen molar-refractivity contribution in [2.75, 3.05) is 0 Å². The number of hydrogen-bond donors (Lipinski definition) is 2. The maximum atomic E-state index is 12.4. The largest absolute Gasteiger partial charge is 1.00 e. The molecular weight excluding hydrogens is 638 g/mol. The number of ether oxygens (including phenoxy) is 1. The minimum Gasteiger partial charge on any atom is -0.870 e. The molecule has 1 unspecified atom stereocenters. The van der Waals surface area contributed by atoms with Crippen LogP contribution in [0.5, 0.6) is 0 Å². The molecule has 1 atom stereocenters. The van der Waals surface area contributed by atoms with Crippen molar-refractivity contribution in [3.05, 3.63) is 83.9 Å². The van der Waals surface area contributed by atoms with Crippen molar-refractivity contribution in [2.24, 2.45) is 0 Å². The van der Waals surface area contributed by atoms with Gasteiger partial charge in [-0.25, -0.2) is 11.1 Å². The molecule has 0 saturated carbocycles. The van der Waals surface area contributed by atoms with Gasteiger partial charge >= 0.3 is 54.1 Å². The third-order valence-corrected chi connectivity index (χ3v) is 5.12. The molecule has 0 spiro atoms. The molecule has 0 saturated heterocycles. The molecule has 0 fully saturated rings. The van der Waals surface area contributed by atoms with Crippen LogP contribution in [0, 0.1) is 0 Å². The molecule has 0 heterocycles. The maximum absolute atomic E-state index is 12.4. The van der Waals surface area contributed by atoms with Gasteiger partial charge in [0, 0.05) is 5.88 Å². The number of carbonyl (C=O) groups is 1. The normalized spacial score (nSPS) is 12.7. The van der Waals surface area contributed by atoms with Crippen molar-refractivity contribution in [3.63, 3.8) is 0 Å². The van der Waals surface area contributed by atoms with Crippen LogP contribution >= 0.6 is 11.6 Å². The Hall–Kier alpha value is -2.40. The van der Waals surface area contributed by atoms with E-state index in [1.165, 1.54) is 0 Å². The molecule has 236 valence electrons. The summed E-state index contributed by atoms with van der Waals surface area (Å²) in [6.45, 7) is 7.21. The van der Waals surface area contributed by atoms with Gasteiger partial charge in [0.1, 0.15) is 6.61 Å². The van der Waals surface area contributed by atoms with Crippen LogP contribution in [0.1, 0.15) is 29.2 Å². The molecule has 17 heteroatoms. The maximum Gasteiger partial charge on any atom is 1.00 e. The zero-order chi connectivity index (χ0) is 32.3. The summed E-state index contributed by atoms with van der Waals surface area (Å²) in [6, 6.07) is 14.6. The average molecular weight is 662 g/mol. The summed E-state index contributed by atoms with van der Waals surface area (Å²) >= 11 is 5.62. The molecule has 0 amide bonds. The van der Waals surface area contributed by atoms with Crippen LogP contribution < -0.4 is 29.6 Å². The van der Waals surface area contributed by atoms with Gasteiger partial charge in [0.25, 0.3) is 5.60 Å². The van der Waals surface area contributed by atoms with Crippen molar-refractivity contribution < 1.29 is 99.1 Å². The van der Waals surface area contributed by atoms with Crippen LogP contribution in [-0.2, 0) is 26.8 Å². The summed E-state index contributed by atoms with van der Waals surface area (Å²) < 4.78 is 110. The van der Waals surface area contributed by atoms with E-state index in [0.717, 1.165) is 16.7 Å². The summed E-state index contributed by atoms with van der Waals surface area (Å²) in [5.74, 6) is -1.16. The molecule has 6 nitrogen and oxygen atoms in total. The van der Waals surface area contributed by atoms with E-state index in [9.17, 15) is 49.1 Å². The minimum absolute atomic E-state index is 0. The van der Waals surface area contributed by atoms with E-state index >= 15 is 0 Å². The Morgan fingerprint density at radius 2 is 1.26 bits per heavy atom. The van der Waals surface area contributed by atoms with E-state index in [4.69, 9.17) is 21.8 Å². The number of aliphatic hydroxyl groups is 2. The smallest absolute Gasteiger partial charge is 0.870 e. The molecule has 3 N–H and O–H groups in total. The summed E-state index contributed by atoms with van der Waals surface area (Å²) in [5.41, 5.74) is -5.39. The second kappa shape index (κ2) is 18.4. The first-order valence-electron chi connectivity index (χ1n) is 10.8. The quantitative estimate of drug-likeness (QED) is 0.154. The summed E-state index contributed by atoms with van der Waals surface area (Å²) in [6.07, 6.45) is -14.4. The van der Waals surface area contributed by atoms with E-state index in [-0.39, 0.29) is 41.6 Å². The Kier molecular flexibility index (Phi) is 19.3. The third-order valence-electron chi connectivity index (χ3n) is 4.82. The van der Waals surface area contributed by atoms with Crippen LogP contribution in [0.2, 0.25) is 0 Å². The van der Waals surface area contributed by atoms with Gasteiger partial charge in [0.05, 0.1) is 0 Å². The van der Waals surface area contributed by atoms with Gasteiger partial charge in [-0.2, -0.15) is 39.5 Å². The first-order valence-corrected chi connectivity index (χ1v) is 11.3. The summed E-state index contributed by atoms with van der Waals surface area (Å²) in [7, 11) is 0.